The van der Waals surface area contributed by atoms with E-state index in [4.69, 9.17) is 4.74 Å². The third kappa shape index (κ3) is 4.84. The van der Waals surface area contributed by atoms with Gasteiger partial charge in [0.1, 0.15) is 11.6 Å². The van der Waals surface area contributed by atoms with Crippen molar-refractivity contribution in [3.05, 3.63) is 77.9 Å². The van der Waals surface area contributed by atoms with E-state index in [-0.39, 0.29) is 11.4 Å². The van der Waals surface area contributed by atoms with Crippen molar-refractivity contribution in [2.45, 2.75) is 17.5 Å². The number of hydrogen-bond acceptors (Lipinski definition) is 5. The van der Waals surface area contributed by atoms with Gasteiger partial charge in [-0.1, -0.05) is 12.1 Å². The average molecular weight is 433 g/mol. The maximum absolute atomic E-state index is 13.0. The molecule has 0 saturated heterocycles. The van der Waals surface area contributed by atoms with Crippen LogP contribution in [0, 0.1) is 5.82 Å². The Morgan fingerprint density at radius 2 is 1.83 bits per heavy atom. The van der Waals surface area contributed by atoms with Crippen LogP contribution in [0.1, 0.15) is 17.2 Å². The van der Waals surface area contributed by atoms with Gasteiger partial charge in [-0.05, 0) is 42.0 Å². The first kappa shape index (κ1) is 21.5. The van der Waals surface area contributed by atoms with Crippen molar-refractivity contribution in [3.8, 4) is 5.75 Å². The number of carbonyl (C=O) groups is 1. The summed E-state index contributed by atoms with van der Waals surface area (Å²) in [6, 6.07) is 11.0. The second-order valence-corrected chi connectivity index (χ2v) is 8.69. The lowest BCUT2D eigenvalue weighted by atomic mass is 10.2. The molecule has 30 heavy (non-hydrogen) atoms. The number of aryl methyl sites for hydroxylation is 1. The number of sulfonamides is 1. The summed E-state index contributed by atoms with van der Waals surface area (Å²) in [5.74, 6) is -1.35. The Kier molecular flexibility index (Phi) is 6.18. The van der Waals surface area contributed by atoms with Crippen LogP contribution in [-0.2, 0) is 28.4 Å². The molecule has 0 bridgehead atoms. The van der Waals surface area contributed by atoms with Crippen LogP contribution in [-0.4, -0.2) is 40.6 Å². The Morgan fingerprint density at radius 1 is 1.20 bits per heavy atom. The maximum Gasteiger partial charge on any atom is 0.349 e. The molecule has 8 nitrogen and oxygen atoms in total. The van der Waals surface area contributed by atoms with Crippen molar-refractivity contribution in [2.75, 3.05) is 7.05 Å². The normalized spacial score (nSPS) is 12.7. The van der Waals surface area contributed by atoms with E-state index in [9.17, 15) is 22.7 Å². The molecule has 0 aliphatic carbocycles. The van der Waals surface area contributed by atoms with Crippen molar-refractivity contribution in [3.63, 3.8) is 0 Å². The van der Waals surface area contributed by atoms with Gasteiger partial charge in [-0.2, -0.15) is 9.40 Å². The standard InChI is InChI=1S/C20H20FN3O5S/c1-23-13-15(11-22-23)19(20(25)26)29-17-7-3-14(4-8-17)12-24(2)30(27,28)18-9-5-16(21)6-10-18/h3-11,13,19H,12H2,1-2H3,(H,25,26). The molecule has 0 amide bonds. The van der Waals surface area contributed by atoms with Crippen LogP contribution in [0.2, 0.25) is 0 Å². The number of carboxylic acid groups (broad SMARTS) is 1. The molecule has 3 rings (SSSR count). The predicted octanol–water partition coefficient (Wildman–Crippen LogP) is 2.58. The number of halogens is 1. The van der Waals surface area contributed by atoms with Crippen molar-refractivity contribution in [2.24, 2.45) is 7.05 Å². The van der Waals surface area contributed by atoms with Crippen LogP contribution in [0.25, 0.3) is 0 Å². The van der Waals surface area contributed by atoms with Gasteiger partial charge >= 0.3 is 5.97 Å². The van der Waals surface area contributed by atoms with Crippen LogP contribution < -0.4 is 4.74 Å². The lowest BCUT2D eigenvalue weighted by Gasteiger charge is -2.18. The van der Waals surface area contributed by atoms with Crippen LogP contribution in [0.15, 0.2) is 65.8 Å². The molecule has 158 valence electrons. The van der Waals surface area contributed by atoms with Crippen molar-refractivity contribution >= 4 is 16.0 Å². The van der Waals surface area contributed by atoms with E-state index in [1.165, 1.54) is 30.1 Å². The zero-order valence-electron chi connectivity index (χ0n) is 16.3. The van der Waals surface area contributed by atoms with E-state index in [0.29, 0.717) is 16.9 Å². The van der Waals surface area contributed by atoms with Crippen molar-refractivity contribution < 1.29 is 27.4 Å². The number of benzene rings is 2. The van der Waals surface area contributed by atoms with E-state index in [1.54, 1.807) is 37.5 Å². The van der Waals surface area contributed by atoms with Crippen molar-refractivity contribution in [1.82, 2.24) is 14.1 Å². The highest BCUT2D eigenvalue weighted by Gasteiger charge is 2.24. The minimum absolute atomic E-state index is 0.00729. The van der Waals surface area contributed by atoms with Crippen molar-refractivity contribution in [1.29, 1.82) is 0 Å². The Labute approximate surface area is 173 Å². The summed E-state index contributed by atoms with van der Waals surface area (Å²) in [5, 5.41) is 13.4. The number of rotatable bonds is 8. The maximum atomic E-state index is 13.0. The van der Waals surface area contributed by atoms with Gasteiger partial charge in [0.2, 0.25) is 16.1 Å². The lowest BCUT2D eigenvalue weighted by Crippen LogP contribution is -2.26. The number of ether oxygens (including phenoxy) is 1. The Balaban J connectivity index is 1.70. The van der Waals surface area contributed by atoms with Crippen LogP contribution in [0.5, 0.6) is 5.75 Å². The topological polar surface area (TPSA) is 102 Å². The second-order valence-electron chi connectivity index (χ2n) is 6.64. The molecule has 1 heterocycles. The summed E-state index contributed by atoms with van der Waals surface area (Å²) >= 11 is 0. The zero-order chi connectivity index (χ0) is 21.9. The highest BCUT2D eigenvalue weighted by molar-refractivity contribution is 7.89. The number of aliphatic carboxylic acids is 1. The first-order valence-electron chi connectivity index (χ1n) is 8.85. The number of hydrogen-bond donors (Lipinski definition) is 1. The van der Waals surface area contributed by atoms with Gasteiger partial charge in [0.05, 0.1) is 11.1 Å². The van der Waals surface area contributed by atoms with Crippen LogP contribution >= 0.6 is 0 Å². The highest BCUT2D eigenvalue weighted by Crippen LogP contribution is 2.24. The Morgan fingerprint density at radius 3 is 2.37 bits per heavy atom. The monoisotopic (exact) mass is 433 g/mol. The summed E-state index contributed by atoms with van der Waals surface area (Å²) in [5.41, 5.74) is 1.07. The van der Waals surface area contributed by atoms with E-state index in [1.807, 2.05) is 0 Å². The molecule has 1 atom stereocenters. The minimum atomic E-state index is -3.78. The molecular formula is C20H20FN3O5S. The Bertz CT molecular complexity index is 1130. The molecule has 2 aromatic carbocycles. The first-order valence-corrected chi connectivity index (χ1v) is 10.3. The fraction of sp³-hybridized carbons (Fsp3) is 0.200. The number of nitrogens with zero attached hydrogens (tertiary/aromatic N) is 3. The number of aromatic nitrogens is 2. The minimum Gasteiger partial charge on any atom is -0.478 e. The molecule has 0 aliphatic rings. The molecule has 0 aliphatic heterocycles. The first-order chi connectivity index (χ1) is 14.2. The molecule has 1 unspecified atom stereocenters. The molecule has 0 fully saturated rings. The van der Waals surface area contributed by atoms with Gasteiger partial charge in [0.15, 0.2) is 0 Å². The van der Waals surface area contributed by atoms with Gasteiger partial charge < -0.3 is 9.84 Å². The molecule has 0 saturated carbocycles. The van der Waals surface area contributed by atoms with Gasteiger partial charge in [0, 0.05) is 32.4 Å². The summed E-state index contributed by atoms with van der Waals surface area (Å²) < 4.78 is 46.4. The van der Waals surface area contributed by atoms with Crippen LogP contribution in [0.3, 0.4) is 0 Å². The fourth-order valence-corrected chi connectivity index (χ4v) is 3.93. The van der Waals surface area contributed by atoms with Gasteiger partial charge in [-0.15, -0.1) is 0 Å². The summed E-state index contributed by atoms with van der Waals surface area (Å²) in [6.07, 6.45) is 1.76. The lowest BCUT2D eigenvalue weighted by molar-refractivity contribution is -0.145. The fourth-order valence-electron chi connectivity index (χ4n) is 2.77. The van der Waals surface area contributed by atoms with E-state index in [2.05, 4.69) is 5.10 Å². The number of carboxylic acids is 1. The van der Waals surface area contributed by atoms with Gasteiger partial charge in [0.25, 0.3) is 0 Å². The average Bonchev–Trinajstić information content (AvgIpc) is 3.13. The molecule has 1 N–H and O–H groups in total. The molecule has 1 aromatic heterocycles. The largest absolute Gasteiger partial charge is 0.478 e. The van der Waals surface area contributed by atoms with Gasteiger partial charge in [-0.3, -0.25) is 4.68 Å². The zero-order valence-corrected chi connectivity index (χ0v) is 17.1. The quantitative estimate of drug-likeness (QED) is 0.586. The third-order valence-electron chi connectivity index (χ3n) is 4.36. The van der Waals surface area contributed by atoms with E-state index < -0.39 is 27.9 Å². The second kappa shape index (κ2) is 8.64. The van der Waals surface area contributed by atoms with Crippen LogP contribution in [0.4, 0.5) is 4.39 Å². The SMILES string of the molecule is CN(Cc1ccc(OC(C(=O)O)c2cnn(C)c2)cc1)S(=O)(=O)c1ccc(F)cc1. The summed E-state index contributed by atoms with van der Waals surface area (Å²) in [6.45, 7) is 0.0744. The molecule has 3 aromatic rings. The van der Waals surface area contributed by atoms with E-state index in [0.717, 1.165) is 16.4 Å². The highest BCUT2D eigenvalue weighted by atomic mass is 32.2. The van der Waals surface area contributed by atoms with E-state index >= 15 is 0 Å². The molecular weight excluding hydrogens is 413 g/mol. The predicted molar refractivity (Wildman–Crippen MR) is 106 cm³/mol. The molecule has 0 radical (unpaired) electrons. The Hall–Kier alpha value is -3.24. The van der Waals surface area contributed by atoms with Gasteiger partial charge in [-0.25, -0.2) is 17.6 Å². The smallest absolute Gasteiger partial charge is 0.349 e. The molecule has 10 heteroatoms. The summed E-state index contributed by atoms with van der Waals surface area (Å²) in [7, 11) is -0.683. The third-order valence-corrected chi connectivity index (χ3v) is 6.17. The summed E-state index contributed by atoms with van der Waals surface area (Å²) in [4.78, 5) is 11.5. The molecule has 0 spiro atoms.